The van der Waals surface area contributed by atoms with Crippen LogP contribution in [0.25, 0.3) is 0 Å². The van der Waals surface area contributed by atoms with Crippen LogP contribution < -0.4 is 10.1 Å². The zero-order valence-corrected chi connectivity index (χ0v) is 13.1. The minimum atomic E-state index is 0.446. The second kappa shape index (κ2) is 7.91. The summed E-state index contributed by atoms with van der Waals surface area (Å²) in [5.74, 6) is 1.57. The predicted octanol–water partition coefficient (Wildman–Crippen LogP) is 4.02. The molecule has 20 heavy (non-hydrogen) atoms. The van der Waals surface area contributed by atoms with E-state index in [1.807, 2.05) is 0 Å². The lowest BCUT2D eigenvalue weighted by molar-refractivity contribution is 0.0491. The molecule has 1 N–H and O–H groups in total. The van der Waals surface area contributed by atoms with Crippen LogP contribution in [0.4, 0.5) is 5.82 Å². The molecule has 4 nitrogen and oxygen atoms in total. The van der Waals surface area contributed by atoms with Crippen molar-refractivity contribution in [2.24, 2.45) is 5.92 Å². The smallest absolute Gasteiger partial charge is 0.234 e. The molecule has 0 saturated carbocycles. The first-order valence-electron chi connectivity index (χ1n) is 7.01. The Morgan fingerprint density at radius 3 is 2.80 bits per heavy atom. The zero-order valence-electron chi connectivity index (χ0n) is 11.6. The third-order valence-electron chi connectivity index (χ3n) is 3.24. The van der Waals surface area contributed by atoms with Gasteiger partial charge in [0, 0.05) is 19.8 Å². The molecule has 0 unspecified atom stereocenters. The van der Waals surface area contributed by atoms with Crippen LogP contribution in [-0.4, -0.2) is 31.3 Å². The van der Waals surface area contributed by atoms with Gasteiger partial charge in [0.25, 0.3) is 0 Å². The van der Waals surface area contributed by atoms with Crippen molar-refractivity contribution in [1.82, 2.24) is 4.98 Å². The third-order valence-corrected chi connectivity index (χ3v) is 3.80. The molecule has 1 aliphatic heterocycles. The number of ether oxygens (including phenoxy) is 2. The molecule has 0 bridgehead atoms. The van der Waals surface area contributed by atoms with Gasteiger partial charge in [0.15, 0.2) is 0 Å². The van der Waals surface area contributed by atoms with Crippen molar-refractivity contribution in [1.29, 1.82) is 0 Å². The van der Waals surface area contributed by atoms with E-state index >= 15 is 0 Å². The van der Waals surface area contributed by atoms with Crippen LogP contribution in [0.1, 0.15) is 26.2 Å². The number of nitrogens with zero attached hydrogens (tertiary/aromatic N) is 1. The molecule has 2 heterocycles. The minimum Gasteiger partial charge on any atom is -0.476 e. The van der Waals surface area contributed by atoms with E-state index in [0.717, 1.165) is 39.0 Å². The van der Waals surface area contributed by atoms with E-state index in [0.29, 0.717) is 34.3 Å². The second-order valence-electron chi connectivity index (χ2n) is 4.90. The summed E-state index contributed by atoms with van der Waals surface area (Å²) >= 11 is 12.2. The molecule has 1 aromatic heterocycles. The number of hydrogen-bond donors (Lipinski definition) is 1. The lowest BCUT2D eigenvalue weighted by Crippen LogP contribution is -2.21. The molecule has 2 rings (SSSR count). The SMILES string of the molecule is CCCNc1nc(OCC2CCOCC2)c(Cl)cc1Cl. The number of rotatable bonds is 6. The molecule has 112 valence electrons. The Morgan fingerprint density at radius 2 is 2.10 bits per heavy atom. The number of pyridine rings is 1. The first kappa shape index (κ1) is 15.7. The molecule has 0 aromatic carbocycles. The van der Waals surface area contributed by atoms with Crippen molar-refractivity contribution >= 4 is 29.0 Å². The standard InChI is InChI=1S/C14H20Cl2N2O2/c1-2-5-17-13-11(15)8-12(16)14(18-13)20-9-10-3-6-19-7-4-10/h8,10H,2-7,9H2,1H3,(H,17,18). The quantitative estimate of drug-likeness (QED) is 0.860. The topological polar surface area (TPSA) is 43.4 Å². The maximum absolute atomic E-state index is 6.13. The molecule has 0 atom stereocenters. The Morgan fingerprint density at radius 1 is 1.35 bits per heavy atom. The fourth-order valence-corrected chi connectivity index (χ4v) is 2.51. The van der Waals surface area contributed by atoms with Gasteiger partial charge in [-0.2, -0.15) is 4.98 Å². The highest BCUT2D eigenvalue weighted by molar-refractivity contribution is 6.36. The summed E-state index contributed by atoms with van der Waals surface area (Å²) in [6.07, 6.45) is 3.04. The number of hydrogen-bond acceptors (Lipinski definition) is 4. The Kier molecular flexibility index (Phi) is 6.20. The highest BCUT2D eigenvalue weighted by atomic mass is 35.5. The molecule has 1 aliphatic rings. The average molecular weight is 319 g/mol. The molecular weight excluding hydrogens is 299 g/mol. The van der Waals surface area contributed by atoms with E-state index in [2.05, 4.69) is 17.2 Å². The van der Waals surface area contributed by atoms with E-state index in [9.17, 15) is 0 Å². The van der Waals surface area contributed by atoms with Crippen LogP contribution in [0.5, 0.6) is 5.88 Å². The molecule has 1 fully saturated rings. The highest BCUT2D eigenvalue weighted by Gasteiger charge is 2.16. The van der Waals surface area contributed by atoms with Crippen LogP contribution in [-0.2, 0) is 4.74 Å². The molecule has 6 heteroatoms. The van der Waals surface area contributed by atoms with Gasteiger partial charge in [-0.05, 0) is 31.2 Å². The van der Waals surface area contributed by atoms with E-state index in [1.54, 1.807) is 6.07 Å². The van der Waals surface area contributed by atoms with Gasteiger partial charge in [-0.25, -0.2) is 0 Å². The maximum Gasteiger partial charge on any atom is 0.234 e. The summed E-state index contributed by atoms with van der Waals surface area (Å²) < 4.78 is 11.1. The van der Waals surface area contributed by atoms with Crippen LogP contribution >= 0.6 is 23.2 Å². The van der Waals surface area contributed by atoms with Crippen LogP contribution in [0.3, 0.4) is 0 Å². The number of nitrogens with one attached hydrogen (secondary N) is 1. The number of anilines is 1. The molecule has 0 aliphatic carbocycles. The molecule has 1 saturated heterocycles. The van der Waals surface area contributed by atoms with Crippen LogP contribution in [0.2, 0.25) is 10.0 Å². The van der Waals surface area contributed by atoms with Crippen molar-refractivity contribution in [3.05, 3.63) is 16.1 Å². The Bertz CT molecular complexity index is 437. The molecule has 0 amide bonds. The average Bonchev–Trinajstić information content (AvgIpc) is 2.46. The molecule has 0 spiro atoms. The Hall–Kier alpha value is -0.710. The van der Waals surface area contributed by atoms with Gasteiger partial charge in [0.1, 0.15) is 10.8 Å². The second-order valence-corrected chi connectivity index (χ2v) is 5.71. The normalized spacial score (nSPS) is 16.1. The largest absolute Gasteiger partial charge is 0.476 e. The van der Waals surface area contributed by atoms with Crippen LogP contribution in [0.15, 0.2) is 6.07 Å². The van der Waals surface area contributed by atoms with Gasteiger partial charge in [0.05, 0.1) is 11.6 Å². The van der Waals surface area contributed by atoms with Crippen molar-refractivity contribution in [3.63, 3.8) is 0 Å². The van der Waals surface area contributed by atoms with E-state index in [4.69, 9.17) is 32.7 Å². The van der Waals surface area contributed by atoms with Crippen LogP contribution in [0, 0.1) is 5.92 Å². The summed E-state index contributed by atoms with van der Waals surface area (Å²) in [5, 5.41) is 4.13. The van der Waals surface area contributed by atoms with Gasteiger partial charge in [-0.15, -0.1) is 0 Å². The third kappa shape index (κ3) is 4.40. The summed E-state index contributed by atoms with van der Waals surface area (Å²) in [6, 6.07) is 1.67. The fourth-order valence-electron chi connectivity index (χ4n) is 2.03. The van der Waals surface area contributed by atoms with Crippen molar-refractivity contribution in [3.8, 4) is 5.88 Å². The fraction of sp³-hybridized carbons (Fsp3) is 0.643. The first-order chi connectivity index (χ1) is 9.70. The Labute approximate surface area is 129 Å². The predicted molar refractivity (Wildman–Crippen MR) is 82.1 cm³/mol. The van der Waals surface area contributed by atoms with E-state index in [-0.39, 0.29) is 0 Å². The van der Waals surface area contributed by atoms with E-state index in [1.165, 1.54) is 0 Å². The van der Waals surface area contributed by atoms with Crippen molar-refractivity contribution in [2.75, 3.05) is 31.7 Å². The lowest BCUT2D eigenvalue weighted by Gasteiger charge is -2.22. The minimum absolute atomic E-state index is 0.446. The van der Waals surface area contributed by atoms with Gasteiger partial charge < -0.3 is 14.8 Å². The van der Waals surface area contributed by atoms with Crippen molar-refractivity contribution < 1.29 is 9.47 Å². The maximum atomic E-state index is 6.13. The zero-order chi connectivity index (χ0) is 14.4. The van der Waals surface area contributed by atoms with Gasteiger partial charge in [-0.3, -0.25) is 0 Å². The number of aromatic nitrogens is 1. The first-order valence-corrected chi connectivity index (χ1v) is 7.76. The Balaban J connectivity index is 1.98. The lowest BCUT2D eigenvalue weighted by atomic mass is 10.0. The summed E-state index contributed by atoms with van der Waals surface area (Å²) in [7, 11) is 0. The van der Waals surface area contributed by atoms with E-state index < -0.39 is 0 Å². The van der Waals surface area contributed by atoms with Gasteiger partial charge in [0.2, 0.25) is 5.88 Å². The monoisotopic (exact) mass is 318 g/mol. The summed E-state index contributed by atoms with van der Waals surface area (Å²) in [5.41, 5.74) is 0. The number of halogens is 2. The summed E-state index contributed by atoms with van der Waals surface area (Å²) in [4.78, 5) is 4.37. The van der Waals surface area contributed by atoms with Gasteiger partial charge >= 0.3 is 0 Å². The molecular formula is C14H20Cl2N2O2. The van der Waals surface area contributed by atoms with Crippen molar-refractivity contribution in [2.45, 2.75) is 26.2 Å². The van der Waals surface area contributed by atoms with Gasteiger partial charge in [-0.1, -0.05) is 30.1 Å². The molecule has 1 aromatic rings. The molecule has 0 radical (unpaired) electrons. The highest BCUT2D eigenvalue weighted by Crippen LogP contribution is 2.31. The summed E-state index contributed by atoms with van der Waals surface area (Å²) in [6.45, 7) is 5.12.